The first-order chi connectivity index (χ1) is 9.31. The first kappa shape index (κ1) is 12.5. The van der Waals surface area contributed by atoms with Crippen LogP contribution < -0.4 is 0 Å². The molecular formula is C19H22. The smallest absolute Gasteiger partial charge is 0.00932 e. The zero-order valence-electron chi connectivity index (χ0n) is 11.8. The average molecular weight is 250 g/mol. The van der Waals surface area contributed by atoms with E-state index in [1.807, 2.05) is 0 Å². The van der Waals surface area contributed by atoms with Crippen LogP contribution >= 0.6 is 0 Å². The summed E-state index contributed by atoms with van der Waals surface area (Å²) >= 11 is 0. The molecule has 2 aliphatic rings. The second-order valence-electron chi connectivity index (χ2n) is 5.64. The monoisotopic (exact) mass is 250 g/mol. The molecule has 0 aliphatic heterocycles. The van der Waals surface area contributed by atoms with E-state index in [0.717, 1.165) is 6.42 Å². The van der Waals surface area contributed by atoms with Crippen LogP contribution in [0.2, 0.25) is 0 Å². The van der Waals surface area contributed by atoms with Gasteiger partial charge in [-0.25, -0.2) is 0 Å². The molecule has 1 aromatic rings. The van der Waals surface area contributed by atoms with Crippen molar-refractivity contribution in [2.45, 2.75) is 45.4 Å². The van der Waals surface area contributed by atoms with Gasteiger partial charge in [0.1, 0.15) is 0 Å². The highest BCUT2D eigenvalue weighted by molar-refractivity contribution is 5.85. The maximum atomic E-state index is 4.40. The van der Waals surface area contributed by atoms with Crippen LogP contribution in [-0.4, -0.2) is 0 Å². The van der Waals surface area contributed by atoms with Gasteiger partial charge in [0.05, 0.1) is 0 Å². The normalized spacial score (nSPS) is 18.8. The van der Waals surface area contributed by atoms with E-state index in [4.69, 9.17) is 0 Å². The van der Waals surface area contributed by atoms with Crippen LogP contribution in [-0.2, 0) is 0 Å². The number of hydrogen-bond acceptors (Lipinski definition) is 0. The van der Waals surface area contributed by atoms with E-state index < -0.39 is 0 Å². The van der Waals surface area contributed by atoms with Gasteiger partial charge in [-0.3, -0.25) is 0 Å². The molecule has 3 rings (SSSR count). The fraction of sp³-hybridized carbons (Fsp3) is 0.368. The molecule has 2 aliphatic carbocycles. The van der Waals surface area contributed by atoms with Crippen LogP contribution in [0.3, 0.4) is 0 Å². The maximum Gasteiger partial charge on any atom is -0.00932 e. The van der Waals surface area contributed by atoms with Crippen molar-refractivity contribution >= 4 is 5.57 Å². The van der Waals surface area contributed by atoms with Gasteiger partial charge in [-0.2, -0.15) is 0 Å². The third-order valence-electron chi connectivity index (χ3n) is 4.52. The van der Waals surface area contributed by atoms with Gasteiger partial charge in [0, 0.05) is 0 Å². The van der Waals surface area contributed by atoms with Crippen molar-refractivity contribution < 1.29 is 0 Å². The van der Waals surface area contributed by atoms with E-state index in [2.05, 4.69) is 43.8 Å². The zero-order chi connectivity index (χ0) is 13.2. The van der Waals surface area contributed by atoms with Crippen LogP contribution in [0, 0.1) is 0 Å². The number of hydrogen-bond donors (Lipinski definition) is 0. The topological polar surface area (TPSA) is 0 Å². The Hall–Kier alpha value is -1.56. The quantitative estimate of drug-likeness (QED) is 0.647. The SMILES string of the molecule is C=C(C1=C(CC)CC2=C1CCCC2)c1ccccc1. The third kappa shape index (κ3) is 2.20. The first-order valence-corrected chi connectivity index (χ1v) is 7.49. The molecule has 98 valence electrons. The summed E-state index contributed by atoms with van der Waals surface area (Å²) < 4.78 is 0. The van der Waals surface area contributed by atoms with Crippen molar-refractivity contribution in [3.63, 3.8) is 0 Å². The Balaban J connectivity index is 2.01. The van der Waals surface area contributed by atoms with Gasteiger partial charge in [-0.05, 0) is 60.8 Å². The summed E-state index contributed by atoms with van der Waals surface area (Å²) in [6, 6.07) is 10.7. The second-order valence-corrected chi connectivity index (χ2v) is 5.64. The Kier molecular flexibility index (Phi) is 3.42. The molecular weight excluding hydrogens is 228 g/mol. The van der Waals surface area contributed by atoms with Crippen LogP contribution in [0.25, 0.3) is 5.57 Å². The summed E-state index contributed by atoms with van der Waals surface area (Å²) in [6.07, 6.45) is 7.67. The van der Waals surface area contributed by atoms with Gasteiger partial charge in [-0.1, -0.05) is 55.0 Å². The molecule has 0 heteroatoms. The number of rotatable bonds is 3. The second kappa shape index (κ2) is 5.21. The lowest BCUT2D eigenvalue weighted by Crippen LogP contribution is -1.99. The fourth-order valence-corrected chi connectivity index (χ4v) is 3.51. The van der Waals surface area contributed by atoms with Crippen LogP contribution in [0.15, 0.2) is 59.2 Å². The van der Waals surface area contributed by atoms with Gasteiger partial charge in [0.15, 0.2) is 0 Å². The van der Waals surface area contributed by atoms with Gasteiger partial charge < -0.3 is 0 Å². The highest BCUT2D eigenvalue weighted by Crippen LogP contribution is 2.46. The molecule has 0 nitrogen and oxygen atoms in total. The van der Waals surface area contributed by atoms with Crippen molar-refractivity contribution in [2.24, 2.45) is 0 Å². The van der Waals surface area contributed by atoms with E-state index in [0.29, 0.717) is 0 Å². The van der Waals surface area contributed by atoms with E-state index in [-0.39, 0.29) is 0 Å². The lowest BCUT2D eigenvalue weighted by atomic mass is 9.86. The standard InChI is InChI=1S/C19H22/c1-3-15-13-17-11-7-8-12-18(17)19(15)14(2)16-9-5-4-6-10-16/h4-6,9-10H,2-3,7-8,11-13H2,1H3. The van der Waals surface area contributed by atoms with E-state index in [1.54, 1.807) is 16.7 Å². The average Bonchev–Trinajstić information content (AvgIpc) is 2.86. The van der Waals surface area contributed by atoms with Crippen LogP contribution in [0.1, 0.15) is 51.0 Å². The van der Waals surface area contributed by atoms with Gasteiger partial charge >= 0.3 is 0 Å². The molecule has 1 aromatic carbocycles. The van der Waals surface area contributed by atoms with Gasteiger partial charge in [0.25, 0.3) is 0 Å². The Morgan fingerprint density at radius 2 is 1.84 bits per heavy atom. The van der Waals surface area contributed by atoms with Crippen molar-refractivity contribution in [1.82, 2.24) is 0 Å². The minimum Gasteiger partial charge on any atom is -0.0905 e. The highest BCUT2D eigenvalue weighted by atomic mass is 14.3. The van der Waals surface area contributed by atoms with Crippen molar-refractivity contribution in [3.8, 4) is 0 Å². The molecule has 0 atom stereocenters. The first-order valence-electron chi connectivity index (χ1n) is 7.49. The Morgan fingerprint density at radius 1 is 1.11 bits per heavy atom. The largest absolute Gasteiger partial charge is 0.0905 e. The predicted molar refractivity (Wildman–Crippen MR) is 82.9 cm³/mol. The van der Waals surface area contributed by atoms with Crippen molar-refractivity contribution in [2.75, 3.05) is 0 Å². The minimum absolute atomic E-state index is 1.16. The Bertz CT molecular complexity index is 555. The zero-order valence-corrected chi connectivity index (χ0v) is 11.8. The molecule has 0 saturated heterocycles. The summed E-state index contributed by atoms with van der Waals surface area (Å²) in [4.78, 5) is 0. The summed E-state index contributed by atoms with van der Waals surface area (Å²) in [7, 11) is 0. The lowest BCUT2D eigenvalue weighted by molar-refractivity contribution is 0.677. The molecule has 0 N–H and O–H groups in total. The summed E-state index contributed by atoms with van der Waals surface area (Å²) in [6.45, 7) is 6.69. The summed E-state index contributed by atoms with van der Waals surface area (Å²) in [5.41, 5.74) is 8.98. The minimum atomic E-state index is 1.16. The summed E-state index contributed by atoms with van der Waals surface area (Å²) in [5.74, 6) is 0. The third-order valence-corrected chi connectivity index (χ3v) is 4.52. The predicted octanol–water partition coefficient (Wildman–Crippen LogP) is 5.68. The molecule has 0 unspecified atom stereocenters. The number of benzene rings is 1. The maximum absolute atomic E-state index is 4.40. The Morgan fingerprint density at radius 3 is 2.58 bits per heavy atom. The Labute approximate surface area is 116 Å². The molecule has 0 spiro atoms. The molecule has 0 radical (unpaired) electrons. The molecule has 0 amide bonds. The molecule has 0 fully saturated rings. The van der Waals surface area contributed by atoms with Gasteiger partial charge in [-0.15, -0.1) is 0 Å². The molecule has 19 heavy (non-hydrogen) atoms. The molecule has 0 aromatic heterocycles. The van der Waals surface area contributed by atoms with Crippen molar-refractivity contribution in [3.05, 3.63) is 64.8 Å². The van der Waals surface area contributed by atoms with E-state index >= 15 is 0 Å². The molecule has 0 heterocycles. The van der Waals surface area contributed by atoms with E-state index in [1.165, 1.54) is 48.8 Å². The highest BCUT2D eigenvalue weighted by Gasteiger charge is 2.26. The van der Waals surface area contributed by atoms with Gasteiger partial charge in [0.2, 0.25) is 0 Å². The number of allylic oxidation sites excluding steroid dienone is 5. The van der Waals surface area contributed by atoms with Crippen molar-refractivity contribution in [1.29, 1.82) is 0 Å². The fourth-order valence-electron chi connectivity index (χ4n) is 3.51. The van der Waals surface area contributed by atoms with Crippen LogP contribution in [0.4, 0.5) is 0 Å². The summed E-state index contributed by atoms with van der Waals surface area (Å²) in [5, 5.41) is 0. The molecule has 0 bridgehead atoms. The lowest BCUT2D eigenvalue weighted by Gasteiger charge is -2.18. The van der Waals surface area contributed by atoms with E-state index in [9.17, 15) is 0 Å². The van der Waals surface area contributed by atoms with Crippen LogP contribution in [0.5, 0.6) is 0 Å². The molecule has 0 saturated carbocycles.